The van der Waals surface area contributed by atoms with E-state index in [4.69, 9.17) is 12.7 Å². The number of carbonyl (C=O) groups excluding carboxylic acids is 1. The molecule has 0 saturated heterocycles. The van der Waals surface area contributed by atoms with Crippen LogP contribution < -0.4 is 0 Å². The molecule has 0 bridgehead atoms. The van der Waals surface area contributed by atoms with Crippen molar-refractivity contribution >= 4 is 12.3 Å². The average Bonchev–Trinajstić information content (AvgIpc) is 2.37. The number of carbonyl (C=O) groups is 1. The van der Waals surface area contributed by atoms with Crippen LogP contribution in [0.2, 0.25) is 0 Å². The summed E-state index contributed by atoms with van der Waals surface area (Å²) >= 11 is 0. The molecule has 5 heteroatoms. The molecule has 1 amide bonds. The Hall–Kier alpha value is -2.04. The molecule has 0 fully saturated rings. The fourth-order valence-corrected chi connectivity index (χ4v) is 1.28. The minimum absolute atomic E-state index is 0.297. The van der Waals surface area contributed by atoms with Crippen LogP contribution in [0.4, 0.5) is 4.79 Å². The monoisotopic (exact) mass is 266 g/mol. The van der Waals surface area contributed by atoms with Crippen LogP contribution in [0.25, 0.3) is 0 Å². The first-order chi connectivity index (χ1) is 9.58. The second kappa shape index (κ2) is 6.22. The normalized spacial score (nSPS) is 13.9. The van der Waals surface area contributed by atoms with Gasteiger partial charge in [0, 0.05) is 13.5 Å². The van der Waals surface area contributed by atoms with Crippen molar-refractivity contribution in [3.63, 3.8) is 0 Å². The quantitative estimate of drug-likeness (QED) is 0.520. The molecule has 1 rings (SSSR count). The molecule has 0 saturated carbocycles. The maximum atomic E-state index is 12.0. The van der Waals surface area contributed by atoms with Crippen molar-refractivity contribution in [1.29, 1.82) is 0 Å². The molecule has 0 aromatic heterocycles. The summed E-state index contributed by atoms with van der Waals surface area (Å²) in [6, 6.07) is 6.24. The van der Waals surface area contributed by atoms with Gasteiger partial charge in [0.2, 0.25) is 0 Å². The third kappa shape index (κ3) is 5.42. The number of nitrogens with zero attached hydrogens (tertiary/aromatic N) is 2. The Balaban J connectivity index is 2.95. The second-order valence-electron chi connectivity index (χ2n) is 5.02. The highest BCUT2D eigenvalue weighted by molar-refractivity contribution is 5.79. The van der Waals surface area contributed by atoms with E-state index in [0.717, 1.165) is 4.90 Å². The Bertz CT molecular complexity index is 522. The number of ether oxygens (including phenoxy) is 1. The Labute approximate surface area is 116 Å². The summed E-state index contributed by atoms with van der Waals surface area (Å²) in [4.78, 5) is 12.9. The number of oxime groups is 1. The number of hydrogen-bond donors (Lipinski definition) is 1. The zero-order valence-corrected chi connectivity index (χ0v) is 11.5. The molecule has 0 unspecified atom stereocenters. The molecule has 19 heavy (non-hydrogen) atoms. The van der Waals surface area contributed by atoms with E-state index in [2.05, 4.69) is 5.16 Å². The van der Waals surface area contributed by atoms with Gasteiger partial charge in [0.05, 0.1) is 8.96 Å². The molecule has 0 aliphatic carbocycles. The molecule has 104 valence electrons. The number of hydrogen-bond acceptors (Lipinski definition) is 4. The van der Waals surface area contributed by atoms with E-state index in [9.17, 15) is 4.79 Å². The molecule has 0 atom stereocenters. The van der Waals surface area contributed by atoms with Gasteiger partial charge in [0.25, 0.3) is 0 Å². The molecule has 0 spiro atoms. The summed E-state index contributed by atoms with van der Waals surface area (Å²) in [5.41, 5.74) is 0.228. The van der Waals surface area contributed by atoms with Gasteiger partial charge in [-0.3, -0.25) is 0 Å². The molecular formula is C14H20N2O3. The third-order valence-electron chi connectivity index (χ3n) is 2.08. The molecule has 0 heterocycles. The Morgan fingerprint density at radius 2 is 2.05 bits per heavy atom. The van der Waals surface area contributed by atoms with E-state index in [-0.39, 0.29) is 0 Å². The van der Waals surface area contributed by atoms with Crippen LogP contribution in [0.1, 0.15) is 34.6 Å². The third-order valence-corrected chi connectivity index (χ3v) is 2.08. The van der Waals surface area contributed by atoms with Gasteiger partial charge in [-0.15, -0.1) is 0 Å². The lowest BCUT2D eigenvalue weighted by Crippen LogP contribution is -2.33. The molecule has 1 aromatic carbocycles. The molecule has 0 aliphatic rings. The summed E-state index contributed by atoms with van der Waals surface area (Å²) in [5, 5.41) is 11.3. The van der Waals surface area contributed by atoms with Crippen LogP contribution in [0.5, 0.6) is 0 Å². The van der Waals surface area contributed by atoms with Crippen LogP contribution in [0.15, 0.2) is 29.4 Å². The molecule has 0 aliphatic heterocycles. The second-order valence-corrected chi connectivity index (χ2v) is 5.02. The van der Waals surface area contributed by atoms with Crippen LogP contribution in [0, 0.1) is 0 Å². The van der Waals surface area contributed by atoms with Crippen LogP contribution >= 0.6 is 0 Å². The summed E-state index contributed by atoms with van der Waals surface area (Å²) < 4.78 is 21.3. The van der Waals surface area contributed by atoms with Gasteiger partial charge in [-0.25, -0.2) is 4.79 Å². The van der Waals surface area contributed by atoms with Crippen molar-refractivity contribution in [2.45, 2.75) is 32.9 Å². The van der Waals surface area contributed by atoms with Crippen molar-refractivity contribution in [1.82, 2.24) is 4.90 Å². The highest BCUT2D eigenvalue weighted by atomic mass is 16.6. The highest BCUT2D eigenvalue weighted by Crippen LogP contribution is 2.11. The van der Waals surface area contributed by atoms with Crippen LogP contribution in [-0.2, 0) is 11.2 Å². The standard InChI is InChI=1S/C14H20N2O3/c1-14(2,3)19-13(17)16(4)10-12-7-5-11(6-8-12)9-15-18/h5-9,18H,10H2,1-4H3/i10D2. The van der Waals surface area contributed by atoms with E-state index < -0.39 is 18.2 Å². The zero-order valence-electron chi connectivity index (χ0n) is 13.5. The fourth-order valence-electron chi connectivity index (χ4n) is 1.28. The SMILES string of the molecule is [2H]C([2H])(c1ccc(C=NO)cc1)N(C)C(=O)OC(C)(C)C. The van der Waals surface area contributed by atoms with E-state index in [1.807, 2.05) is 0 Å². The lowest BCUT2D eigenvalue weighted by molar-refractivity contribution is 0.0285. The first-order valence-electron chi connectivity index (χ1n) is 6.83. The largest absolute Gasteiger partial charge is 0.444 e. The van der Waals surface area contributed by atoms with Gasteiger partial charge in [0.1, 0.15) is 5.60 Å². The van der Waals surface area contributed by atoms with E-state index >= 15 is 0 Å². The van der Waals surface area contributed by atoms with Crippen LogP contribution in [-0.4, -0.2) is 35.1 Å². The van der Waals surface area contributed by atoms with Gasteiger partial charge in [0.15, 0.2) is 0 Å². The number of amides is 1. The smallest absolute Gasteiger partial charge is 0.410 e. The van der Waals surface area contributed by atoms with Crippen LogP contribution in [0.3, 0.4) is 0 Å². The topological polar surface area (TPSA) is 62.1 Å². The number of benzene rings is 1. The lowest BCUT2D eigenvalue weighted by atomic mass is 10.1. The van der Waals surface area contributed by atoms with Gasteiger partial charge in [-0.1, -0.05) is 29.4 Å². The number of rotatable bonds is 3. The fraction of sp³-hybridized carbons (Fsp3) is 0.429. The van der Waals surface area contributed by atoms with Gasteiger partial charge in [-0.05, 0) is 31.9 Å². The molecular weight excluding hydrogens is 244 g/mol. The summed E-state index contributed by atoms with van der Waals surface area (Å²) in [7, 11) is 1.34. The van der Waals surface area contributed by atoms with Crippen molar-refractivity contribution < 1.29 is 17.5 Å². The molecule has 1 aromatic rings. The maximum absolute atomic E-state index is 12.0. The van der Waals surface area contributed by atoms with E-state index in [1.165, 1.54) is 25.4 Å². The highest BCUT2D eigenvalue weighted by Gasteiger charge is 2.19. The Morgan fingerprint density at radius 1 is 1.47 bits per heavy atom. The molecule has 0 radical (unpaired) electrons. The lowest BCUT2D eigenvalue weighted by Gasteiger charge is -2.24. The van der Waals surface area contributed by atoms with Crippen molar-refractivity contribution in [3.8, 4) is 0 Å². The Morgan fingerprint density at radius 3 is 2.53 bits per heavy atom. The van der Waals surface area contributed by atoms with Gasteiger partial charge >= 0.3 is 6.09 Å². The first kappa shape index (κ1) is 12.0. The minimum atomic E-state index is -2.02. The maximum Gasteiger partial charge on any atom is 0.410 e. The van der Waals surface area contributed by atoms with Crippen molar-refractivity contribution in [2.24, 2.45) is 5.16 Å². The minimum Gasteiger partial charge on any atom is -0.444 e. The van der Waals surface area contributed by atoms with E-state index in [1.54, 1.807) is 32.9 Å². The summed E-state index contributed by atoms with van der Waals surface area (Å²) in [6.45, 7) is 3.14. The van der Waals surface area contributed by atoms with Gasteiger partial charge in [-0.2, -0.15) is 0 Å². The summed E-state index contributed by atoms with van der Waals surface area (Å²) in [6.07, 6.45) is 0.491. The first-order valence-corrected chi connectivity index (χ1v) is 5.83. The average molecular weight is 266 g/mol. The molecule has 5 nitrogen and oxygen atoms in total. The predicted octanol–water partition coefficient (Wildman–Crippen LogP) is 2.86. The Kier molecular flexibility index (Phi) is 3.94. The molecule has 1 N–H and O–H groups in total. The summed E-state index contributed by atoms with van der Waals surface area (Å²) in [5.74, 6) is 0. The van der Waals surface area contributed by atoms with E-state index in [0.29, 0.717) is 11.1 Å². The predicted molar refractivity (Wildman–Crippen MR) is 73.5 cm³/mol. The zero-order chi connectivity index (χ0) is 16.3. The van der Waals surface area contributed by atoms with Crippen molar-refractivity contribution in [2.75, 3.05) is 7.05 Å². The van der Waals surface area contributed by atoms with Crippen molar-refractivity contribution in [3.05, 3.63) is 35.4 Å². The van der Waals surface area contributed by atoms with Gasteiger partial charge < -0.3 is 14.8 Å².